The maximum Gasteiger partial charge on any atom is 0.0701 e. The van der Waals surface area contributed by atoms with Gasteiger partial charge in [0.05, 0.1) is 12.0 Å². The third-order valence-electron chi connectivity index (χ3n) is 1.19. The van der Waals surface area contributed by atoms with Crippen molar-refractivity contribution in [3.63, 3.8) is 0 Å². The van der Waals surface area contributed by atoms with Gasteiger partial charge in [-0.25, -0.2) is 0 Å². The summed E-state index contributed by atoms with van der Waals surface area (Å²) in [7, 11) is 0. The third-order valence-corrected chi connectivity index (χ3v) is 1.19. The van der Waals surface area contributed by atoms with Crippen LogP contribution >= 0.6 is 0 Å². The van der Waals surface area contributed by atoms with Gasteiger partial charge in [0.2, 0.25) is 0 Å². The molecular weight excluding hydrogens is 112 g/mol. The molecule has 0 spiro atoms. The molecule has 0 saturated heterocycles. The number of nitriles is 1. The van der Waals surface area contributed by atoms with Gasteiger partial charge in [-0.3, -0.25) is 0 Å². The summed E-state index contributed by atoms with van der Waals surface area (Å²) in [6.45, 7) is 0. The van der Waals surface area contributed by atoms with E-state index in [0.717, 1.165) is 6.42 Å². The zero-order valence-electron chi connectivity index (χ0n) is 5.04. The van der Waals surface area contributed by atoms with Gasteiger partial charge < -0.3 is 5.32 Å². The largest absolute Gasteiger partial charge is 0.368 e. The Balaban J connectivity index is 2.57. The minimum absolute atomic E-state index is 0.0521. The first kappa shape index (κ1) is 5.90. The van der Waals surface area contributed by atoms with Crippen molar-refractivity contribution in [1.82, 2.24) is 5.32 Å². The average Bonchev–Trinajstić information content (AvgIpc) is 2.13. The molecule has 0 aromatic rings. The molecule has 0 bridgehead atoms. The van der Waals surface area contributed by atoms with Gasteiger partial charge in [0, 0.05) is 0 Å². The van der Waals surface area contributed by atoms with Crippen LogP contribution in [0.15, 0.2) is 24.6 Å². The molecule has 1 N–H and O–H groups in total. The number of allylic oxidation sites excluding steroid dienone is 2. The summed E-state index contributed by atoms with van der Waals surface area (Å²) in [5, 5.41) is 11.4. The van der Waals surface area contributed by atoms with Crippen molar-refractivity contribution in [3.8, 4) is 6.07 Å². The highest BCUT2D eigenvalue weighted by Gasteiger charge is 1.99. The summed E-state index contributed by atoms with van der Waals surface area (Å²) in [5.41, 5.74) is 0. The first-order valence-electron chi connectivity index (χ1n) is 2.91. The third kappa shape index (κ3) is 1.61. The van der Waals surface area contributed by atoms with Crippen molar-refractivity contribution in [3.05, 3.63) is 24.6 Å². The lowest BCUT2D eigenvalue weighted by molar-refractivity contribution is 0.851. The van der Waals surface area contributed by atoms with Crippen LogP contribution in [0.3, 0.4) is 0 Å². The van der Waals surface area contributed by atoms with Crippen LogP contribution < -0.4 is 5.32 Å². The van der Waals surface area contributed by atoms with Gasteiger partial charge in [-0.2, -0.15) is 5.26 Å². The molecule has 0 radical (unpaired) electrons. The number of rotatable bonds is 0. The van der Waals surface area contributed by atoms with Gasteiger partial charge in [-0.15, -0.1) is 0 Å². The Kier molecular flexibility index (Phi) is 1.92. The lowest BCUT2D eigenvalue weighted by Gasteiger charge is -1.91. The normalized spacial score (nSPS) is 24.1. The molecule has 2 heteroatoms. The maximum absolute atomic E-state index is 8.45. The molecule has 0 saturated carbocycles. The van der Waals surface area contributed by atoms with E-state index in [1.807, 2.05) is 18.4 Å². The van der Waals surface area contributed by atoms with Gasteiger partial charge in [-0.05, 0) is 18.8 Å². The summed E-state index contributed by atoms with van der Waals surface area (Å²) in [5.74, 6) is 0.0521. The van der Waals surface area contributed by atoms with Crippen LogP contribution in [0.4, 0.5) is 0 Å². The molecule has 46 valence electrons. The van der Waals surface area contributed by atoms with E-state index in [4.69, 9.17) is 5.26 Å². The lowest BCUT2D eigenvalue weighted by atomic mass is 10.1. The summed E-state index contributed by atoms with van der Waals surface area (Å²) < 4.78 is 0. The van der Waals surface area contributed by atoms with E-state index in [1.54, 1.807) is 6.20 Å². The first-order valence-corrected chi connectivity index (χ1v) is 2.91. The minimum Gasteiger partial charge on any atom is -0.368 e. The van der Waals surface area contributed by atoms with Gasteiger partial charge in [0.1, 0.15) is 0 Å². The second-order valence-electron chi connectivity index (χ2n) is 1.90. The molecule has 0 amide bonds. The van der Waals surface area contributed by atoms with Crippen molar-refractivity contribution in [1.29, 1.82) is 5.26 Å². The summed E-state index contributed by atoms with van der Waals surface area (Å²) in [4.78, 5) is 0. The van der Waals surface area contributed by atoms with Crippen molar-refractivity contribution in [2.24, 2.45) is 5.92 Å². The molecule has 1 atom stereocenters. The van der Waals surface area contributed by atoms with E-state index >= 15 is 0 Å². The molecule has 1 unspecified atom stereocenters. The Bertz CT molecular complexity index is 174. The van der Waals surface area contributed by atoms with E-state index in [9.17, 15) is 0 Å². The smallest absolute Gasteiger partial charge is 0.0701 e. The van der Waals surface area contributed by atoms with Gasteiger partial charge in [-0.1, -0.05) is 12.2 Å². The molecule has 1 aliphatic heterocycles. The van der Waals surface area contributed by atoms with Crippen molar-refractivity contribution < 1.29 is 0 Å². The fourth-order valence-corrected chi connectivity index (χ4v) is 0.684. The van der Waals surface area contributed by atoms with Crippen molar-refractivity contribution in [2.75, 3.05) is 0 Å². The SMILES string of the molecule is N#CC1C=CNC=CC1. The monoisotopic (exact) mass is 120 g/mol. The number of hydrogen-bond acceptors (Lipinski definition) is 2. The zero-order valence-corrected chi connectivity index (χ0v) is 5.04. The number of hydrogen-bond donors (Lipinski definition) is 1. The second-order valence-corrected chi connectivity index (χ2v) is 1.90. The maximum atomic E-state index is 8.45. The van der Waals surface area contributed by atoms with Crippen LogP contribution in [0.25, 0.3) is 0 Å². The van der Waals surface area contributed by atoms with E-state index in [1.165, 1.54) is 0 Å². The molecule has 0 aromatic carbocycles. The number of nitrogens with one attached hydrogen (secondary N) is 1. The van der Waals surface area contributed by atoms with E-state index < -0.39 is 0 Å². The summed E-state index contributed by atoms with van der Waals surface area (Å²) >= 11 is 0. The van der Waals surface area contributed by atoms with Crippen LogP contribution in [0, 0.1) is 17.2 Å². The lowest BCUT2D eigenvalue weighted by Crippen LogP contribution is -1.89. The topological polar surface area (TPSA) is 35.8 Å². The van der Waals surface area contributed by atoms with E-state index in [2.05, 4.69) is 11.4 Å². The number of nitrogens with zero attached hydrogens (tertiary/aromatic N) is 1. The Morgan fingerprint density at radius 3 is 3.22 bits per heavy atom. The van der Waals surface area contributed by atoms with Crippen LogP contribution in [0.2, 0.25) is 0 Å². The van der Waals surface area contributed by atoms with Gasteiger partial charge in [0.25, 0.3) is 0 Å². The van der Waals surface area contributed by atoms with E-state index in [-0.39, 0.29) is 5.92 Å². The molecule has 0 aromatic heterocycles. The van der Waals surface area contributed by atoms with Crippen LogP contribution in [-0.2, 0) is 0 Å². The van der Waals surface area contributed by atoms with Gasteiger partial charge in [0.15, 0.2) is 0 Å². The van der Waals surface area contributed by atoms with Crippen molar-refractivity contribution >= 4 is 0 Å². The van der Waals surface area contributed by atoms with Gasteiger partial charge >= 0.3 is 0 Å². The quantitative estimate of drug-likeness (QED) is 0.520. The molecule has 1 heterocycles. The zero-order chi connectivity index (χ0) is 6.53. The molecule has 0 fully saturated rings. The van der Waals surface area contributed by atoms with Crippen LogP contribution in [0.1, 0.15) is 6.42 Å². The summed E-state index contributed by atoms with van der Waals surface area (Å²) in [6, 6.07) is 2.17. The first-order chi connectivity index (χ1) is 4.43. The van der Waals surface area contributed by atoms with Crippen LogP contribution in [-0.4, -0.2) is 0 Å². The highest BCUT2D eigenvalue weighted by atomic mass is 14.8. The Morgan fingerprint density at radius 1 is 1.56 bits per heavy atom. The molecule has 1 aliphatic rings. The Morgan fingerprint density at radius 2 is 2.44 bits per heavy atom. The predicted octanol–water partition coefficient (Wildman–Crippen LogP) is 1.15. The fraction of sp³-hybridized carbons (Fsp3) is 0.286. The second kappa shape index (κ2) is 2.93. The fourth-order valence-electron chi connectivity index (χ4n) is 0.684. The molecule has 2 nitrogen and oxygen atoms in total. The predicted molar refractivity (Wildman–Crippen MR) is 35.1 cm³/mol. The van der Waals surface area contributed by atoms with Crippen LogP contribution in [0.5, 0.6) is 0 Å². The standard InChI is InChI=1S/C7H8N2/c8-6-7-2-1-4-9-5-3-7/h1,3-5,7,9H,2H2. The molecule has 1 rings (SSSR count). The minimum atomic E-state index is 0.0521. The molecule has 0 aliphatic carbocycles. The highest BCUT2D eigenvalue weighted by molar-refractivity contribution is 5.06. The Hall–Kier alpha value is -1.23. The Labute approximate surface area is 54.5 Å². The highest BCUT2D eigenvalue weighted by Crippen LogP contribution is 2.05. The van der Waals surface area contributed by atoms with E-state index in [0.29, 0.717) is 0 Å². The molecule has 9 heavy (non-hydrogen) atoms. The molecular formula is C7H8N2. The van der Waals surface area contributed by atoms with Crippen molar-refractivity contribution in [2.45, 2.75) is 6.42 Å². The average molecular weight is 120 g/mol. The summed E-state index contributed by atoms with van der Waals surface area (Å²) in [6.07, 6.45) is 8.26.